The molecule has 0 spiro atoms. The van der Waals surface area contributed by atoms with Gasteiger partial charge in [0, 0.05) is 6.54 Å². The molecular weight excluding hydrogens is 286 g/mol. The molecular formula is C14H19N5O3. The van der Waals surface area contributed by atoms with Crippen molar-refractivity contribution in [3.63, 3.8) is 0 Å². The second-order valence-electron chi connectivity index (χ2n) is 5.69. The molecule has 2 aromatic heterocycles. The summed E-state index contributed by atoms with van der Waals surface area (Å²) in [6.45, 7) is 5.04. The summed E-state index contributed by atoms with van der Waals surface area (Å²) in [7, 11) is 0. The highest BCUT2D eigenvalue weighted by Gasteiger charge is 2.19. The fourth-order valence-corrected chi connectivity index (χ4v) is 2.20. The standard InChI is InChI=1S/C14H19N5O3/c1-8(2)5-15-14-17-12-11(13(21)18-14)16-7-19(12)10-4-3-9(20)6-22-10/h3-4,7-10,20H,5-6H2,1-2H3,(H2,15,17,18,21)/t9-,10-/m0/s1. The molecule has 0 amide bonds. The van der Waals surface area contributed by atoms with Crippen molar-refractivity contribution in [2.45, 2.75) is 26.2 Å². The predicted octanol–water partition coefficient (Wildman–Crippen LogP) is 0.633. The summed E-state index contributed by atoms with van der Waals surface area (Å²) in [6, 6.07) is 0. The van der Waals surface area contributed by atoms with Crippen LogP contribution in [0.1, 0.15) is 20.1 Å². The Morgan fingerprint density at radius 3 is 3.05 bits per heavy atom. The molecule has 0 radical (unpaired) electrons. The molecule has 0 fully saturated rings. The molecule has 0 saturated heterocycles. The molecule has 0 saturated carbocycles. The Labute approximate surface area is 126 Å². The SMILES string of the molecule is CC(C)CNc1nc2c(ncn2[C@@H]2C=C[C@H](O)CO2)c(=O)[nH]1. The average Bonchev–Trinajstić information content (AvgIpc) is 2.90. The third kappa shape index (κ3) is 2.88. The lowest BCUT2D eigenvalue weighted by molar-refractivity contribution is -0.0165. The molecule has 2 atom stereocenters. The lowest BCUT2D eigenvalue weighted by Crippen LogP contribution is -2.23. The third-order valence-corrected chi connectivity index (χ3v) is 3.32. The Balaban J connectivity index is 1.98. The van der Waals surface area contributed by atoms with Gasteiger partial charge in [0.05, 0.1) is 19.0 Å². The highest BCUT2D eigenvalue weighted by atomic mass is 16.5. The second-order valence-corrected chi connectivity index (χ2v) is 5.69. The van der Waals surface area contributed by atoms with Crippen molar-refractivity contribution in [2.24, 2.45) is 5.92 Å². The molecule has 0 unspecified atom stereocenters. The van der Waals surface area contributed by atoms with Gasteiger partial charge in [0.25, 0.3) is 5.56 Å². The minimum Gasteiger partial charge on any atom is -0.387 e. The van der Waals surface area contributed by atoms with Crippen molar-refractivity contribution in [2.75, 3.05) is 18.5 Å². The summed E-state index contributed by atoms with van der Waals surface area (Å²) in [6.07, 6.45) is 3.86. The number of aliphatic hydroxyl groups is 1. The summed E-state index contributed by atoms with van der Waals surface area (Å²) in [5.74, 6) is 0.838. The van der Waals surface area contributed by atoms with Gasteiger partial charge in [-0.25, -0.2) is 4.98 Å². The molecule has 8 heteroatoms. The van der Waals surface area contributed by atoms with Crippen molar-refractivity contribution < 1.29 is 9.84 Å². The second kappa shape index (κ2) is 5.90. The molecule has 0 aliphatic carbocycles. The first-order valence-electron chi connectivity index (χ1n) is 7.23. The Bertz CT molecular complexity index is 749. The van der Waals surface area contributed by atoms with E-state index in [4.69, 9.17) is 4.74 Å². The van der Waals surface area contributed by atoms with Gasteiger partial charge in [-0.2, -0.15) is 4.98 Å². The number of H-pyrrole nitrogens is 1. The number of hydrogen-bond acceptors (Lipinski definition) is 6. The Kier molecular flexibility index (Phi) is 3.95. The van der Waals surface area contributed by atoms with Crippen LogP contribution in [-0.2, 0) is 4.74 Å². The third-order valence-electron chi connectivity index (χ3n) is 3.32. The lowest BCUT2D eigenvalue weighted by Gasteiger charge is -2.21. The van der Waals surface area contributed by atoms with Gasteiger partial charge >= 0.3 is 0 Å². The average molecular weight is 305 g/mol. The number of fused-ring (bicyclic) bond motifs is 1. The van der Waals surface area contributed by atoms with Crippen LogP contribution in [0.2, 0.25) is 0 Å². The van der Waals surface area contributed by atoms with Gasteiger partial charge in [0.2, 0.25) is 5.95 Å². The minimum absolute atomic E-state index is 0.197. The van der Waals surface area contributed by atoms with Crippen LogP contribution in [-0.4, -0.2) is 43.9 Å². The number of imidazole rings is 1. The van der Waals surface area contributed by atoms with Crippen LogP contribution in [0.4, 0.5) is 5.95 Å². The van der Waals surface area contributed by atoms with Gasteiger partial charge in [-0.3, -0.25) is 14.3 Å². The molecule has 118 valence electrons. The highest BCUT2D eigenvalue weighted by molar-refractivity contribution is 5.71. The molecule has 3 N–H and O–H groups in total. The number of nitrogens with one attached hydrogen (secondary N) is 2. The Morgan fingerprint density at radius 2 is 2.36 bits per heavy atom. The summed E-state index contributed by atoms with van der Waals surface area (Å²) < 4.78 is 7.21. The van der Waals surface area contributed by atoms with E-state index in [9.17, 15) is 9.90 Å². The molecule has 0 bridgehead atoms. The van der Waals surface area contributed by atoms with E-state index in [-0.39, 0.29) is 17.7 Å². The molecule has 2 aromatic rings. The van der Waals surface area contributed by atoms with Crippen molar-refractivity contribution in [3.05, 3.63) is 28.8 Å². The first-order chi connectivity index (χ1) is 10.5. The van der Waals surface area contributed by atoms with E-state index in [0.29, 0.717) is 24.1 Å². The van der Waals surface area contributed by atoms with E-state index >= 15 is 0 Å². The Morgan fingerprint density at radius 1 is 1.55 bits per heavy atom. The van der Waals surface area contributed by atoms with Gasteiger partial charge in [-0.15, -0.1) is 0 Å². The van der Waals surface area contributed by atoms with Crippen LogP contribution in [0.25, 0.3) is 11.2 Å². The predicted molar refractivity (Wildman–Crippen MR) is 81.6 cm³/mol. The Hall–Kier alpha value is -2.19. The van der Waals surface area contributed by atoms with Crippen LogP contribution in [0, 0.1) is 5.92 Å². The minimum atomic E-state index is -0.606. The van der Waals surface area contributed by atoms with Gasteiger partial charge in [0.15, 0.2) is 17.4 Å². The number of ether oxygens (including phenoxy) is 1. The zero-order valence-corrected chi connectivity index (χ0v) is 12.5. The molecule has 8 nitrogen and oxygen atoms in total. The van der Waals surface area contributed by atoms with E-state index in [2.05, 4.69) is 34.1 Å². The maximum Gasteiger partial charge on any atom is 0.280 e. The topological polar surface area (TPSA) is 105 Å². The molecule has 1 aliphatic heterocycles. The summed E-state index contributed by atoms with van der Waals surface area (Å²) >= 11 is 0. The number of hydrogen-bond donors (Lipinski definition) is 3. The zero-order chi connectivity index (χ0) is 15.7. The van der Waals surface area contributed by atoms with Crippen molar-refractivity contribution in [1.29, 1.82) is 0 Å². The van der Waals surface area contributed by atoms with Crippen LogP contribution in [0.15, 0.2) is 23.3 Å². The van der Waals surface area contributed by atoms with Crippen molar-refractivity contribution >= 4 is 17.1 Å². The van der Waals surface area contributed by atoms with Crippen LogP contribution >= 0.6 is 0 Å². The molecule has 22 heavy (non-hydrogen) atoms. The number of anilines is 1. The molecule has 3 rings (SSSR count). The molecule has 1 aliphatic rings. The quantitative estimate of drug-likeness (QED) is 0.716. The number of nitrogens with zero attached hydrogens (tertiary/aromatic N) is 3. The van der Waals surface area contributed by atoms with E-state index in [0.717, 1.165) is 0 Å². The van der Waals surface area contributed by atoms with Gasteiger partial charge in [-0.1, -0.05) is 19.9 Å². The molecule has 0 aromatic carbocycles. The number of aromatic nitrogens is 4. The van der Waals surface area contributed by atoms with Crippen molar-refractivity contribution in [1.82, 2.24) is 19.5 Å². The van der Waals surface area contributed by atoms with Gasteiger partial charge in [0.1, 0.15) is 0 Å². The van der Waals surface area contributed by atoms with E-state index in [1.54, 1.807) is 16.7 Å². The summed E-state index contributed by atoms with van der Waals surface area (Å²) in [5, 5.41) is 12.5. The van der Waals surface area contributed by atoms with E-state index < -0.39 is 12.3 Å². The van der Waals surface area contributed by atoms with Crippen LogP contribution in [0.5, 0.6) is 0 Å². The number of rotatable bonds is 4. The lowest BCUT2D eigenvalue weighted by atomic mass is 10.2. The smallest absolute Gasteiger partial charge is 0.280 e. The van der Waals surface area contributed by atoms with E-state index in [1.165, 1.54) is 6.33 Å². The maximum absolute atomic E-state index is 12.1. The zero-order valence-electron chi connectivity index (χ0n) is 12.5. The van der Waals surface area contributed by atoms with Crippen molar-refractivity contribution in [3.8, 4) is 0 Å². The van der Waals surface area contributed by atoms with Crippen LogP contribution in [0.3, 0.4) is 0 Å². The monoisotopic (exact) mass is 305 g/mol. The normalized spacial score (nSPS) is 21.6. The first kappa shape index (κ1) is 14.7. The summed E-state index contributed by atoms with van der Waals surface area (Å²) in [4.78, 5) is 23.3. The number of aromatic amines is 1. The fourth-order valence-electron chi connectivity index (χ4n) is 2.20. The summed E-state index contributed by atoms with van der Waals surface area (Å²) in [5.41, 5.74) is 0.411. The van der Waals surface area contributed by atoms with Gasteiger partial charge < -0.3 is 15.2 Å². The number of aliphatic hydroxyl groups excluding tert-OH is 1. The van der Waals surface area contributed by atoms with Crippen LogP contribution < -0.4 is 10.9 Å². The largest absolute Gasteiger partial charge is 0.387 e. The first-order valence-corrected chi connectivity index (χ1v) is 7.23. The fraction of sp³-hybridized carbons (Fsp3) is 0.500. The van der Waals surface area contributed by atoms with E-state index in [1.807, 2.05) is 0 Å². The highest BCUT2D eigenvalue weighted by Crippen LogP contribution is 2.20. The van der Waals surface area contributed by atoms with Gasteiger partial charge in [-0.05, 0) is 12.0 Å². The maximum atomic E-state index is 12.1. The molecule has 3 heterocycles.